The normalized spacial score (nSPS) is 10.7. The molecular weight excluding hydrogens is 389 g/mol. The van der Waals surface area contributed by atoms with E-state index in [2.05, 4.69) is 20.8 Å². The van der Waals surface area contributed by atoms with E-state index in [0.717, 1.165) is 11.1 Å². The molecule has 0 saturated carbocycles. The Kier molecular flexibility index (Phi) is 6.36. The first-order valence-corrected chi connectivity index (χ1v) is 9.11. The van der Waals surface area contributed by atoms with Crippen LogP contribution in [0.4, 0.5) is 5.95 Å². The minimum atomic E-state index is 0.385. The molecule has 0 spiro atoms. The van der Waals surface area contributed by atoms with Gasteiger partial charge in [0.05, 0.1) is 6.61 Å². The number of aryl methyl sites for hydroxylation is 1. The molecule has 1 aromatic heterocycles. The highest BCUT2D eigenvalue weighted by Gasteiger charge is 2.12. The van der Waals surface area contributed by atoms with E-state index in [9.17, 15) is 0 Å². The number of aromatic nitrogens is 4. The van der Waals surface area contributed by atoms with Gasteiger partial charge in [-0.2, -0.15) is 0 Å². The van der Waals surface area contributed by atoms with Crippen LogP contribution in [0.15, 0.2) is 36.4 Å². The molecule has 2 aromatic carbocycles. The fourth-order valence-corrected chi connectivity index (χ4v) is 2.74. The zero-order valence-corrected chi connectivity index (χ0v) is 16.5. The summed E-state index contributed by atoms with van der Waals surface area (Å²) in [4.78, 5) is 0. The molecule has 9 heteroatoms. The third kappa shape index (κ3) is 5.02. The maximum Gasteiger partial charge on any atom is 0.242 e. The lowest BCUT2D eigenvalue weighted by Gasteiger charge is -2.15. The minimum absolute atomic E-state index is 0.385. The maximum atomic E-state index is 6.43. The molecule has 0 radical (unpaired) electrons. The van der Waals surface area contributed by atoms with Crippen LogP contribution in [0.2, 0.25) is 10.0 Å². The van der Waals surface area contributed by atoms with E-state index in [1.165, 1.54) is 0 Å². The van der Waals surface area contributed by atoms with Crippen molar-refractivity contribution in [3.05, 3.63) is 57.6 Å². The van der Waals surface area contributed by atoms with Gasteiger partial charge in [0.25, 0.3) is 0 Å². The molecule has 0 bridgehead atoms. The lowest BCUT2D eigenvalue weighted by atomic mass is 10.2. The number of benzene rings is 2. The van der Waals surface area contributed by atoms with Crippen molar-refractivity contribution in [2.24, 2.45) is 7.05 Å². The second-order valence-corrected chi connectivity index (χ2v) is 6.56. The van der Waals surface area contributed by atoms with Crippen molar-refractivity contribution in [3.63, 3.8) is 0 Å². The van der Waals surface area contributed by atoms with Gasteiger partial charge in [-0.3, -0.25) is 0 Å². The molecule has 0 atom stereocenters. The van der Waals surface area contributed by atoms with Gasteiger partial charge in [-0.15, -0.1) is 0 Å². The Morgan fingerprint density at radius 2 is 1.81 bits per heavy atom. The van der Waals surface area contributed by atoms with Crippen LogP contribution in [0.1, 0.15) is 18.1 Å². The Morgan fingerprint density at radius 3 is 2.48 bits per heavy atom. The van der Waals surface area contributed by atoms with E-state index >= 15 is 0 Å². The maximum absolute atomic E-state index is 6.43. The molecule has 3 rings (SSSR count). The predicted octanol–water partition coefficient (Wildman–Crippen LogP) is 4.11. The summed E-state index contributed by atoms with van der Waals surface area (Å²) in [5.41, 5.74) is 1.85. The zero-order chi connectivity index (χ0) is 19.2. The summed E-state index contributed by atoms with van der Waals surface area (Å²) in [6.45, 7) is 3.26. The topological polar surface area (TPSA) is 74.1 Å². The minimum Gasteiger partial charge on any atom is -0.490 e. The van der Waals surface area contributed by atoms with Gasteiger partial charge in [-0.05, 0) is 46.7 Å². The highest BCUT2D eigenvalue weighted by molar-refractivity contribution is 6.31. The van der Waals surface area contributed by atoms with Crippen molar-refractivity contribution < 1.29 is 9.47 Å². The molecular formula is C18H19Cl2N5O2. The summed E-state index contributed by atoms with van der Waals surface area (Å²) >= 11 is 12.3. The lowest BCUT2D eigenvalue weighted by Crippen LogP contribution is -2.07. The van der Waals surface area contributed by atoms with Gasteiger partial charge in [-0.1, -0.05) is 40.4 Å². The van der Waals surface area contributed by atoms with Crippen LogP contribution >= 0.6 is 23.2 Å². The molecule has 0 aliphatic rings. The lowest BCUT2D eigenvalue weighted by molar-refractivity contribution is 0.269. The Labute approximate surface area is 167 Å². The van der Waals surface area contributed by atoms with Crippen molar-refractivity contribution in [2.45, 2.75) is 20.1 Å². The second-order valence-electron chi connectivity index (χ2n) is 5.72. The highest BCUT2D eigenvalue weighted by atomic mass is 35.5. The molecule has 27 heavy (non-hydrogen) atoms. The highest BCUT2D eigenvalue weighted by Crippen LogP contribution is 2.34. The summed E-state index contributed by atoms with van der Waals surface area (Å²) in [6, 6.07) is 11.1. The third-order valence-corrected chi connectivity index (χ3v) is 4.38. The number of rotatable bonds is 8. The molecule has 1 heterocycles. The van der Waals surface area contributed by atoms with E-state index < -0.39 is 0 Å². The number of nitrogens with one attached hydrogen (secondary N) is 1. The first-order chi connectivity index (χ1) is 13.1. The number of tetrazole rings is 1. The summed E-state index contributed by atoms with van der Waals surface area (Å²) in [5.74, 6) is 1.76. The van der Waals surface area contributed by atoms with E-state index in [0.29, 0.717) is 47.3 Å². The monoisotopic (exact) mass is 407 g/mol. The Morgan fingerprint density at radius 1 is 1.07 bits per heavy atom. The van der Waals surface area contributed by atoms with E-state index in [4.69, 9.17) is 32.7 Å². The predicted molar refractivity (Wildman–Crippen MR) is 105 cm³/mol. The third-order valence-electron chi connectivity index (χ3n) is 3.78. The number of hydrogen-bond donors (Lipinski definition) is 1. The molecule has 0 amide bonds. The van der Waals surface area contributed by atoms with Gasteiger partial charge >= 0.3 is 0 Å². The Hall–Kier alpha value is -2.51. The molecule has 0 saturated heterocycles. The van der Waals surface area contributed by atoms with Crippen molar-refractivity contribution >= 4 is 29.2 Å². The first-order valence-electron chi connectivity index (χ1n) is 8.35. The molecule has 7 nitrogen and oxygen atoms in total. The molecule has 142 valence electrons. The van der Waals surface area contributed by atoms with Gasteiger partial charge in [0, 0.05) is 29.7 Å². The van der Waals surface area contributed by atoms with Crippen molar-refractivity contribution in [1.82, 2.24) is 20.2 Å². The zero-order valence-electron chi connectivity index (χ0n) is 14.9. The number of anilines is 1. The van der Waals surface area contributed by atoms with E-state index in [-0.39, 0.29) is 0 Å². The first kappa shape index (κ1) is 19.3. The van der Waals surface area contributed by atoms with Crippen LogP contribution in [0, 0.1) is 0 Å². The summed E-state index contributed by atoms with van der Waals surface area (Å²) in [6.07, 6.45) is 0. The van der Waals surface area contributed by atoms with Crippen LogP contribution in [-0.4, -0.2) is 26.8 Å². The van der Waals surface area contributed by atoms with Gasteiger partial charge in [0.2, 0.25) is 5.95 Å². The summed E-state index contributed by atoms with van der Waals surface area (Å²) in [7, 11) is 1.75. The molecule has 0 fully saturated rings. The summed E-state index contributed by atoms with van der Waals surface area (Å²) in [5, 5.41) is 15.6. The number of nitrogens with zero attached hydrogens (tertiary/aromatic N) is 4. The number of hydrogen-bond acceptors (Lipinski definition) is 6. The van der Waals surface area contributed by atoms with Crippen LogP contribution < -0.4 is 14.8 Å². The van der Waals surface area contributed by atoms with Crippen molar-refractivity contribution in [3.8, 4) is 11.5 Å². The molecule has 0 aliphatic carbocycles. The van der Waals surface area contributed by atoms with Crippen LogP contribution in [-0.2, 0) is 20.2 Å². The number of halogens is 2. The van der Waals surface area contributed by atoms with Crippen molar-refractivity contribution in [1.29, 1.82) is 0 Å². The largest absolute Gasteiger partial charge is 0.490 e. The van der Waals surface area contributed by atoms with Gasteiger partial charge in [0.15, 0.2) is 11.5 Å². The molecule has 0 aliphatic heterocycles. The van der Waals surface area contributed by atoms with Crippen LogP contribution in [0.25, 0.3) is 0 Å². The smallest absolute Gasteiger partial charge is 0.242 e. The average molecular weight is 408 g/mol. The molecule has 1 N–H and O–H groups in total. The average Bonchev–Trinajstić information content (AvgIpc) is 3.07. The Balaban J connectivity index is 1.74. The van der Waals surface area contributed by atoms with E-state index in [1.54, 1.807) is 17.8 Å². The molecule has 3 aromatic rings. The van der Waals surface area contributed by atoms with Crippen LogP contribution in [0.3, 0.4) is 0 Å². The van der Waals surface area contributed by atoms with Crippen LogP contribution in [0.5, 0.6) is 11.5 Å². The van der Waals surface area contributed by atoms with Gasteiger partial charge in [-0.25, -0.2) is 4.68 Å². The fourth-order valence-electron chi connectivity index (χ4n) is 2.39. The van der Waals surface area contributed by atoms with Gasteiger partial charge < -0.3 is 14.8 Å². The Bertz CT molecular complexity index is 899. The van der Waals surface area contributed by atoms with Gasteiger partial charge in [0.1, 0.15) is 6.61 Å². The summed E-state index contributed by atoms with van der Waals surface area (Å²) < 4.78 is 13.2. The van der Waals surface area contributed by atoms with E-state index in [1.807, 2.05) is 37.3 Å². The fraction of sp³-hybridized carbons (Fsp3) is 0.278. The second kappa shape index (κ2) is 8.92. The standard InChI is InChI=1S/C18H19Cl2N5O2/c1-3-26-16-8-13(10-21-18-22-23-24-25(18)2)15(20)9-17(16)27-11-12-4-6-14(19)7-5-12/h4-9H,3,10-11H2,1-2H3,(H,21,22,24). The number of ether oxygens (including phenoxy) is 2. The molecule has 0 unspecified atom stereocenters. The SMILES string of the molecule is CCOc1cc(CNc2nnnn2C)c(Cl)cc1OCc1ccc(Cl)cc1. The quantitative estimate of drug-likeness (QED) is 0.605. The van der Waals surface area contributed by atoms with Crippen molar-refractivity contribution in [2.75, 3.05) is 11.9 Å².